The normalized spacial score (nSPS) is 28.0. The molecule has 1 saturated heterocycles. The van der Waals surface area contributed by atoms with Crippen molar-refractivity contribution in [1.29, 1.82) is 0 Å². The smallest absolute Gasteiger partial charge is 0.264 e. The van der Waals surface area contributed by atoms with Crippen LogP contribution < -0.4 is 10.5 Å². The van der Waals surface area contributed by atoms with Gasteiger partial charge in [0.15, 0.2) is 5.96 Å². The fourth-order valence-corrected chi connectivity index (χ4v) is 4.51. The van der Waals surface area contributed by atoms with Crippen molar-refractivity contribution in [1.82, 2.24) is 9.88 Å². The summed E-state index contributed by atoms with van der Waals surface area (Å²) < 4.78 is 27.0. The van der Waals surface area contributed by atoms with E-state index in [-0.39, 0.29) is 23.2 Å². The standard InChI is InChI=1S/C20H18ClFN4O3/c1-26-18(27)20(25-19(26)23)13-6-12(10-5-11(21)9-24-8-10)14(22)7-16(13)29-15-3-2-4-28-17(15)20/h5-9,15,17H,2-4H2,1H3,(H2,23,25)/t15-,17-,20-/m0/s1. The maximum Gasteiger partial charge on any atom is 0.264 e. The first-order valence-electron chi connectivity index (χ1n) is 9.28. The van der Waals surface area contributed by atoms with Gasteiger partial charge in [0, 0.05) is 48.8 Å². The van der Waals surface area contributed by atoms with Gasteiger partial charge in [0.05, 0.1) is 5.02 Å². The average molecular weight is 417 g/mol. The van der Waals surface area contributed by atoms with Crippen LogP contribution in [0.15, 0.2) is 35.6 Å². The van der Waals surface area contributed by atoms with Crippen LogP contribution in [0.4, 0.5) is 4.39 Å². The summed E-state index contributed by atoms with van der Waals surface area (Å²) in [6, 6.07) is 4.46. The van der Waals surface area contributed by atoms with Crippen LogP contribution in [0.5, 0.6) is 5.75 Å². The first-order chi connectivity index (χ1) is 13.9. The number of aliphatic imine (C=N–C) groups is 1. The number of halogens is 2. The van der Waals surface area contributed by atoms with E-state index in [4.69, 9.17) is 26.8 Å². The molecule has 3 aliphatic heterocycles. The molecule has 0 saturated carbocycles. The molecule has 1 amide bonds. The fourth-order valence-electron chi connectivity index (χ4n) is 4.33. The second kappa shape index (κ2) is 6.40. The van der Waals surface area contributed by atoms with Crippen molar-refractivity contribution >= 4 is 23.5 Å². The van der Waals surface area contributed by atoms with E-state index in [0.717, 1.165) is 6.42 Å². The van der Waals surface area contributed by atoms with Gasteiger partial charge < -0.3 is 15.2 Å². The molecule has 3 atom stereocenters. The van der Waals surface area contributed by atoms with Crippen LogP contribution in [0.2, 0.25) is 5.02 Å². The lowest BCUT2D eigenvalue weighted by molar-refractivity contribution is -0.151. The molecule has 1 fully saturated rings. The second-order valence-corrected chi connectivity index (χ2v) is 7.85. The molecule has 1 spiro atoms. The number of rotatable bonds is 1. The number of fused-ring (bicyclic) bond motifs is 4. The molecular weight excluding hydrogens is 399 g/mol. The minimum Gasteiger partial charge on any atom is -0.487 e. The van der Waals surface area contributed by atoms with Crippen LogP contribution in [-0.2, 0) is 15.1 Å². The van der Waals surface area contributed by atoms with E-state index in [2.05, 4.69) is 9.98 Å². The van der Waals surface area contributed by atoms with Gasteiger partial charge in [-0.05, 0) is 25.0 Å². The number of pyridine rings is 1. The Morgan fingerprint density at radius 3 is 2.90 bits per heavy atom. The number of nitrogens with two attached hydrogens (primary N) is 1. The highest BCUT2D eigenvalue weighted by atomic mass is 35.5. The molecule has 9 heteroatoms. The Kier molecular flexibility index (Phi) is 4.04. The monoisotopic (exact) mass is 416 g/mol. The van der Waals surface area contributed by atoms with Crippen molar-refractivity contribution in [3.8, 4) is 16.9 Å². The van der Waals surface area contributed by atoms with Crippen LogP contribution in [0, 0.1) is 5.82 Å². The zero-order valence-corrected chi connectivity index (χ0v) is 16.3. The molecule has 4 heterocycles. The van der Waals surface area contributed by atoms with E-state index >= 15 is 4.39 Å². The first-order valence-corrected chi connectivity index (χ1v) is 9.66. The van der Waals surface area contributed by atoms with E-state index in [1.165, 1.54) is 23.4 Å². The summed E-state index contributed by atoms with van der Waals surface area (Å²) in [5, 5.41) is 0.375. The number of carbonyl (C=O) groups excluding carboxylic acids is 1. The van der Waals surface area contributed by atoms with Gasteiger partial charge >= 0.3 is 0 Å². The number of benzene rings is 1. The van der Waals surface area contributed by atoms with Crippen molar-refractivity contribution in [3.63, 3.8) is 0 Å². The lowest BCUT2D eigenvalue weighted by Crippen LogP contribution is -2.59. The van der Waals surface area contributed by atoms with Crippen molar-refractivity contribution in [2.45, 2.75) is 30.6 Å². The lowest BCUT2D eigenvalue weighted by Gasteiger charge is -2.45. The van der Waals surface area contributed by atoms with Crippen LogP contribution in [0.3, 0.4) is 0 Å². The summed E-state index contributed by atoms with van der Waals surface area (Å²) in [7, 11) is 1.56. The van der Waals surface area contributed by atoms with E-state index in [9.17, 15) is 4.79 Å². The van der Waals surface area contributed by atoms with Gasteiger partial charge in [-0.1, -0.05) is 11.6 Å². The highest BCUT2D eigenvalue weighted by Crippen LogP contribution is 2.50. The van der Waals surface area contributed by atoms with Crippen molar-refractivity contribution in [3.05, 3.63) is 47.0 Å². The lowest BCUT2D eigenvalue weighted by atomic mass is 9.76. The molecule has 0 unspecified atom stereocenters. The van der Waals surface area contributed by atoms with Crippen molar-refractivity contribution in [2.75, 3.05) is 13.7 Å². The maximum absolute atomic E-state index is 15.0. The first kappa shape index (κ1) is 18.3. The Hall–Kier alpha value is -2.71. The zero-order chi connectivity index (χ0) is 20.3. The predicted octanol–water partition coefficient (Wildman–Crippen LogP) is 2.46. The van der Waals surface area contributed by atoms with Gasteiger partial charge in [0.2, 0.25) is 5.54 Å². The van der Waals surface area contributed by atoms with Crippen LogP contribution in [0.1, 0.15) is 18.4 Å². The maximum atomic E-state index is 15.0. The number of guanidine groups is 1. The number of aromatic nitrogens is 1. The van der Waals surface area contributed by atoms with E-state index in [1.54, 1.807) is 19.2 Å². The third-order valence-electron chi connectivity index (χ3n) is 5.72. The van der Waals surface area contributed by atoms with Crippen LogP contribution >= 0.6 is 11.6 Å². The molecule has 0 radical (unpaired) electrons. The number of ether oxygens (including phenoxy) is 2. The molecular formula is C20H18ClFN4O3. The van der Waals surface area contributed by atoms with Crippen molar-refractivity contribution < 1.29 is 18.7 Å². The predicted molar refractivity (Wildman–Crippen MR) is 104 cm³/mol. The molecule has 150 valence electrons. The number of nitrogens with zero attached hydrogens (tertiary/aromatic N) is 3. The Labute approximate surface area is 171 Å². The fraction of sp³-hybridized carbons (Fsp3) is 0.350. The average Bonchev–Trinajstić information content (AvgIpc) is 2.93. The Morgan fingerprint density at radius 1 is 1.34 bits per heavy atom. The highest BCUT2D eigenvalue weighted by molar-refractivity contribution is 6.30. The van der Waals surface area contributed by atoms with E-state index < -0.39 is 23.6 Å². The summed E-state index contributed by atoms with van der Waals surface area (Å²) in [5.74, 6) is -0.466. The molecule has 0 bridgehead atoms. The van der Waals surface area contributed by atoms with E-state index in [1.807, 2.05) is 0 Å². The molecule has 2 N–H and O–H groups in total. The van der Waals surface area contributed by atoms with Crippen LogP contribution in [-0.4, -0.2) is 47.6 Å². The number of hydrogen-bond donors (Lipinski definition) is 1. The number of hydrogen-bond acceptors (Lipinski definition) is 6. The molecule has 0 aliphatic carbocycles. The Morgan fingerprint density at radius 2 is 2.17 bits per heavy atom. The number of amides is 1. The Bertz CT molecular complexity index is 1060. The van der Waals surface area contributed by atoms with E-state index in [0.29, 0.717) is 29.2 Å². The summed E-state index contributed by atoms with van der Waals surface area (Å²) in [5.41, 5.74) is 5.75. The molecule has 1 aromatic heterocycles. The number of likely N-dealkylation sites (N-methyl/N-ethyl adjacent to an activating group) is 1. The summed E-state index contributed by atoms with van der Waals surface area (Å²) in [4.78, 5) is 23.2. The second-order valence-electron chi connectivity index (χ2n) is 7.41. The largest absolute Gasteiger partial charge is 0.487 e. The highest BCUT2D eigenvalue weighted by Gasteiger charge is 2.61. The minimum atomic E-state index is -1.41. The molecule has 5 rings (SSSR count). The molecule has 29 heavy (non-hydrogen) atoms. The summed E-state index contributed by atoms with van der Waals surface area (Å²) in [6.45, 7) is 0.486. The quantitative estimate of drug-likeness (QED) is 0.771. The van der Waals surface area contributed by atoms with Gasteiger partial charge in [-0.25, -0.2) is 9.38 Å². The van der Waals surface area contributed by atoms with Crippen molar-refractivity contribution in [2.24, 2.45) is 10.7 Å². The Balaban J connectivity index is 1.76. The summed E-state index contributed by atoms with van der Waals surface area (Å²) >= 11 is 6.03. The number of carbonyl (C=O) groups is 1. The van der Waals surface area contributed by atoms with Gasteiger partial charge in [-0.15, -0.1) is 0 Å². The van der Waals surface area contributed by atoms with Gasteiger partial charge in [0.25, 0.3) is 5.91 Å². The van der Waals surface area contributed by atoms with Gasteiger partial charge in [0.1, 0.15) is 23.8 Å². The van der Waals surface area contributed by atoms with Gasteiger partial charge in [-0.3, -0.25) is 14.7 Å². The molecule has 3 aliphatic rings. The minimum absolute atomic E-state index is 0.0890. The molecule has 7 nitrogen and oxygen atoms in total. The van der Waals surface area contributed by atoms with Gasteiger partial charge in [-0.2, -0.15) is 0 Å². The van der Waals surface area contributed by atoms with Crippen LogP contribution in [0.25, 0.3) is 11.1 Å². The summed E-state index contributed by atoms with van der Waals surface area (Å²) in [6.07, 6.45) is 3.38. The topological polar surface area (TPSA) is 90.0 Å². The SMILES string of the molecule is CN1C(=O)[C@]2(N=C1N)c1cc(-c3cncc(Cl)c3)c(F)cc1O[C@H]1CCCO[C@@H]12. The third kappa shape index (κ3) is 2.55. The molecule has 2 aromatic rings. The zero-order valence-electron chi connectivity index (χ0n) is 15.6. The third-order valence-corrected chi connectivity index (χ3v) is 5.93. The molecule has 1 aromatic carbocycles.